The van der Waals surface area contributed by atoms with E-state index in [0.29, 0.717) is 12.2 Å². The number of ether oxygens (including phenoxy) is 1. The van der Waals surface area contributed by atoms with Crippen LogP contribution < -0.4 is 5.32 Å². The van der Waals surface area contributed by atoms with Crippen LogP contribution in [0.25, 0.3) is 11.4 Å². The van der Waals surface area contributed by atoms with Gasteiger partial charge in [-0.3, -0.25) is 0 Å². The largest absolute Gasteiger partial charge is 0.379 e. The highest BCUT2D eigenvalue weighted by Gasteiger charge is 2.34. The molecule has 0 bridgehead atoms. The molecular formula is C22H27N7O. The van der Waals surface area contributed by atoms with Gasteiger partial charge in [0.25, 0.3) is 0 Å². The van der Waals surface area contributed by atoms with Crippen LogP contribution in [0.5, 0.6) is 0 Å². The van der Waals surface area contributed by atoms with E-state index in [-0.39, 0.29) is 12.2 Å². The minimum Gasteiger partial charge on any atom is -0.379 e. The van der Waals surface area contributed by atoms with Gasteiger partial charge in [0, 0.05) is 38.3 Å². The van der Waals surface area contributed by atoms with Gasteiger partial charge in [0.1, 0.15) is 23.5 Å². The fraction of sp³-hybridized carbons (Fsp3) is 0.500. The Labute approximate surface area is 176 Å². The van der Waals surface area contributed by atoms with Crippen LogP contribution in [0.1, 0.15) is 30.6 Å². The SMILES string of the molecule is CC1N=C(N2CCN(C)CC2)c2nc(-c3ccccc3C#N)n([C@@H]3CCOC3)c2N1. The number of anilines is 1. The van der Waals surface area contributed by atoms with Gasteiger partial charge in [0.05, 0.1) is 24.3 Å². The quantitative estimate of drug-likeness (QED) is 0.825. The number of likely N-dealkylation sites (N-methyl/N-ethyl adjacent to an activating group) is 1. The molecular weight excluding hydrogens is 378 g/mol. The number of rotatable bonds is 2. The molecule has 2 aromatic rings. The number of amidine groups is 1. The summed E-state index contributed by atoms with van der Waals surface area (Å²) in [5.74, 6) is 2.76. The van der Waals surface area contributed by atoms with Crippen LogP contribution in [0.4, 0.5) is 5.82 Å². The third-order valence-electron chi connectivity index (χ3n) is 6.15. The van der Waals surface area contributed by atoms with Gasteiger partial charge in [-0.2, -0.15) is 5.26 Å². The van der Waals surface area contributed by atoms with Crippen molar-refractivity contribution in [2.75, 3.05) is 51.8 Å². The number of aliphatic imine (C=N–C) groups is 1. The number of imidazole rings is 1. The second-order valence-corrected chi connectivity index (χ2v) is 8.24. The van der Waals surface area contributed by atoms with E-state index in [1.807, 2.05) is 24.3 Å². The van der Waals surface area contributed by atoms with Crippen molar-refractivity contribution < 1.29 is 4.74 Å². The van der Waals surface area contributed by atoms with Crippen LogP contribution in [0, 0.1) is 11.3 Å². The zero-order valence-electron chi connectivity index (χ0n) is 17.5. The third kappa shape index (κ3) is 3.24. The van der Waals surface area contributed by atoms with Gasteiger partial charge < -0.3 is 24.4 Å². The maximum Gasteiger partial charge on any atom is 0.155 e. The molecule has 2 fully saturated rings. The van der Waals surface area contributed by atoms with Gasteiger partial charge in [-0.05, 0) is 32.5 Å². The second-order valence-electron chi connectivity index (χ2n) is 8.24. The molecule has 30 heavy (non-hydrogen) atoms. The van der Waals surface area contributed by atoms with Crippen LogP contribution in [-0.4, -0.2) is 77.8 Å². The molecule has 8 nitrogen and oxygen atoms in total. The van der Waals surface area contributed by atoms with Crippen LogP contribution in [0.15, 0.2) is 29.3 Å². The number of hydrogen-bond donors (Lipinski definition) is 1. The molecule has 8 heteroatoms. The van der Waals surface area contributed by atoms with Crippen molar-refractivity contribution in [2.24, 2.45) is 4.99 Å². The maximum absolute atomic E-state index is 9.70. The van der Waals surface area contributed by atoms with Gasteiger partial charge in [0.15, 0.2) is 5.84 Å². The molecule has 5 rings (SSSR count). The van der Waals surface area contributed by atoms with Crippen molar-refractivity contribution in [3.05, 3.63) is 35.5 Å². The van der Waals surface area contributed by atoms with Crippen molar-refractivity contribution in [3.8, 4) is 17.5 Å². The first kappa shape index (κ1) is 19.1. The van der Waals surface area contributed by atoms with E-state index in [1.54, 1.807) is 0 Å². The Kier molecular flexibility index (Phi) is 4.93. The lowest BCUT2D eigenvalue weighted by molar-refractivity contribution is 0.187. The third-order valence-corrected chi connectivity index (χ3v) is 6.15. The van der Waals surface area contributed by atoms with Gasteiger partial charge in [-0.25, -0.2) is 9.98 Å². The number of nitriles is 1. The van der Waals surface area contributed by atoms with Crippen LogP contribution in [0.2, 0.25) is 0 Å². The van der Waals surface area contributed by atoms with E-state index in [1.165, 1.54) is 0 Å². The zero-order valence-corrected chi connectivity index (χ0v) is 17.5. The first-order valence-electron chi connectivity index (χ1n) is 10.6. The molecule has 2 saturated heterocycles. The average Bonchev–Trinajstić information content (AvgIpc) is 3.41. The van der Waals surface area contributed by atoms with Gasteiger partial charge in [-0.1, -0.05) is 12.1 Å². The molecule has 3 aliphatic rings. The normalized spacial score (nSPS) is 24.2. The predicted molar refractivity (Wildman–Crippen MR) is 116 cm³/mol. The number of fused-ring (bicyclic) bond motifs is 1. The summed E-state index contributed by atoms with van der Waals surface area (Å²) in [5, 5.41) is 13.2. The van der Waals surface area contributed by atoms with Crippen molar-refractivity contribution in [1.82, 2.24) is 19.4 Å². The fourth-order valence-corrected chi connectivity index (χ4v) is 4.50. The summed E-state index contributed by atoms with van der Waals surface area (Å²) in [7, 11) is 2.15. The molecule has 156 valence electrons. The number of nitrogens with zero attached hydrogens (tertiary/aromatic N) is 6. The van der Waals surface area contributed by atoms with Gasteiger partial charge in [-0.15, -0.1) is 0 Å². The molecule has 1 N–H and O–H groups in total. The van der Waals surface area contributed by atoms with E-state index >= 15 is 0 Å². The van der Waals surface area contributed by atoms with Gasteiger partial charge in [0.2, 0.25) is 0 Å². The summed E-state index contributed by atoms with van der Waals surface area (Å²) in [6.45, 7) is 7.36. The lowest BCUT2D eigenvalue weighted by atomic mass is 10.1. The molecule has 0 aliphatic carbocycles. The summed E-state index contributed by atoms with van der Waals surface area (Å²) in [4.78, 5) is 14.7. The van der Waals surface area contributed by atoms with Crippen molar-refractivity contribution in [2.45, 2.75) is 25.6 Å². The van der Waals surface area contributed by atoms with E-state index in [0.717, 1.165) is 67.9 Å². The Hall–Kier alpha value is -2.89. The summed E-state index contributed by atoms with van der Waals surface area (Å²) >= 11 is 0. The van der Waals surface area contributed by atoms with Crippen LogP contribution >= 0.6 is 0 Å². The number of benzene rings is 1. The molecule has 1 aromatic heterocycles. The van der Waals surface area contributed by atoms with Crippen LogP contribution in [0.3, 0.4) is 0 Å². The number of nitrogens with one attached hydrogen (secondary N) is 1. The van der Waals surface area contributed by atoms with Crippen molar-refractivity contribution >= 4 is 11.7 Å². The molecule has 0 radical (unpaired) electrons. The minimum absolute atomic E-state index is 0.0380. The highest BCUT2D eigenvalue weighted by molar-refractivity contribution is 6.03. The highest BCUT2D eigenvalue weighted by atomic mass is 16.5. The molecule has 0 spiro atoms. The van der Waals surface area contributed by atoms with E-state index in [4.69, 9.17) is 14.7 Å². The summed E-state index contributed by atoms with van der Waals surface area (Å²) < 4.78 is 7.96. The monoisotopic (exact) mass is 405 g/mol. The maximum atomic E-state index is 9.70. The lowest BCUT2D eigenvalue weighted by Gasteiger charge is -2.36. The minimum atomic E-state index is -0.0380. The predicted octanol–water partition coefficient (Wildman–Crippen LogP) is 2.15. The molecule has 4 heterocycles. The summed E-state index contributed by atoms with van der Waals surface area (Å²) in [5.41, 5.74) is 2.37. The lowest BCUT2D eigenvalue weighted by Crippen LogP contribution is -2.49. The van der Waals surface area contributed by atoms with E-state index < -0.39 is 0 Å². The standard InChI is InChI=1S/C22H27N7O/c1-15-24-21(28-10-8-27(2)9-11-28)19-22(25-15)29(17-7-12-30-14-17)20(26-19)18-6-4-3-5-16(18)13-23/h3-6,15,17,25H,7-12,14H2,1-2H3/t15?,17-/m1/s1. The molecule has 1 unspecified atom stereocenters. The Balaban J connectivity index is 1.66. The zero-order chi connectivity index (χ0) is 20.7. The Morgan fingerprint density at radius 3 is 2.73 bits per heavy atom. The number of aromatic nitrogens is 2. The Morgan fingerprint density at radius 2 is 2.00 bits per heavy atom. The van der Waals surface area contributed by atoms with E-state index in [9.17, 15) is 5.26 Å². The van der Waals surface area contributed by atoms with Gasteiger partial charge >= 0.3 is 0 Å². The molecule has 0 amide bonds. The first-order chi connectivity index (χ1) is 14.7. The Morgan fingerprint density at radius 1 is 1.20 bits per heavy atom. The topological polar surface area (TPSA) is 81.7 Å². The molecule has 0 saturated carbocycles. The summed E-state index contributed by atoms with van der Waals surface area (Å²) in [6.07, 6.45) is 0.894. The van der Waals surface area contributed by atoms with E-state index in [2.05, 4.69) is 39.7 Å². The number of piperazine rings is 1. The number of hydrogen-bond acceptors (Lipinski definition) is 7. The van der Waals surface area contributed by atoms with Crippen LogP contribution in [-0.2, 0) is 4.74 Å². The molecule has 1 aromatic carbocycles. The smallest absolute Gasteiger partial charge is 0.155 e. The highest BCUT2D eigenvalue weighted by Crippen LogP contribution is 2.37. The molecule has 3 aliphatic heterocycles. The first-order valence-corrected chi connectivity index (χ1v) is 10.6. The van der Waals surface area contributed by atoms with Crippen molar-refractivity contribution in [1.29, 1.82) is 5.26 Å². The average molecular weight is 406 g/mol. The fourth-order valence-electron chi connectivity index (χ4n) is 4.50. The summed E-state index contributed by atoms with van der Waals surface area (Å²) in [6, 6.07) is 10.2. The Bertz CT molecular complexity index is 1010. The second kappa shape index (κ2) is 7.74. The van der Waals surface area contributed by atoms with Crippen molar-refractivity contribution in [3.63, 3.8) is 0 Å². The molecule has 2 atom stereocenters.